The van der Waals surface area contributed by atoms with Crippen LogP contribution in [-0.4, -0.2) is 31.8 Å². The summed E-state index contributed by atoms with van der Waals surface area (Å²) in [6.45, 7) is 1.98. The Balaban J connectivity index is 1.66. The Bertz CT molecular complexity index is 674. The molecular formula is C14H18N6S. The van der Waals surface area contributed by atoms with Crippen molar-refractivity contribution in [1.29, 1.82) is 0 Å². The Morgan fingerprint density at radius 3 is 2.67 bits per heavy atom. The van der Waals surface area contributed by atoms with E-state index in [0.29, 0.717) is 17.9 Å². The smallest absolute Gasteiger partial charge is 0.223 e. The van der Waals surface area contributed by atoms with Gasteiger partial charge in [0.15, 0.2) is 5.16 Å². The van der Waals surface area contributed by atoms with Crippen LogP contribution in [0.4, 0.5) is 5.95 Å². The third-order valence-corrected chi connectivity index (χ3v) is 4.67. The summed E-state index contributed by atoms with van der Waals surface area (Å²) in [6, 6.07) is 2.60. The zero-order valence-corrected chi connectivity index (χ0v) is 13.0. The van der Waals surface area contributed by atoms with Crippen LogP contribution in [0.15, 0.2) is 16.2 Å². The van der Waals surface area contributed by atoms with Crippen molar-refractivity contribution >= 4 is 17.7 Å². The van der Waals surface area contributed by atoms with Crippen LogP contribution >= 0.6 is 11.8 Å². The molecule has 0 unspecified atom stereocenters. The van der Waals surface area contributed by atoms with Gasteiger partial charge in [0.2, 0.25) is 5.95 Å². The predicted octanol–water partition coefficient (Wildman–Crippen LogP) is 2.78. The van der Waals surface area contributed by atoms with Gasteiger partial charge in [0.05, 0.1) is 0 Å². The van der Waals surface area contributed by atoms with Gasteiger partial charge < -0.3 is 9.88 Å². The molecular weight excluding hydrogens is 284 g/mol. The predicted molar refractivity (Wildman–Crippen MR) is 80.7 cm³/mol. The van der Waals surface area contributed by atoms with Gasteiger partial charge in [-0.25, -0.2) is 9.97 Å². The Hall–Kier alpha value is -1.63. The molecule has 7 heteroatoms. The summed E-state index contributed by atoms with van der Waals surface area (Å²) < 4.78 is 2.35. The van der Waals surface area contributed by atoms with Gasteiger partial charge in [0.1, 0.15) is 10.9 Å². The average Bonchev–Trinajstić information content (AvgIpc) is 3.37. The second-order valence-corrected chi connectivity index (χ2v) is 6.73. The van der Waals surface area contributed by atoms with Gasteiger partial charge in [-0.15, -0.1) is 10.2 Å². The summed E-state index contributed by atoms with van der Waals surface area (Å²) in [4.78, 5) is 8.83. The molecule has 2 saturated carbocycles. The Kier molecular flexibility index (Phi) is 3.10. The molecule has 0 saturated heterocycles. The van der Waals surface area contributed by atoms with Gasteiger partial charge in [0.25, 0.3) is 0 Å². The molecule has 0 aliphatic heterocycles. The highest BCUT2D eigenvalue weighted by Crippen LogP contribution is 2.46. The molecule has 0 aromatic carbocycles. The highest BCUT2D eigenvalue weighted by molar-refractivity contribution is 7.99. The lowest BCUT2D eigenvalue weighted by Crippen LogP contribution is -2.03. The maximum Gasteiger partial charge on any atom is 0.223 e. The number of hydrogen-bond acceptors (Lipinski definition) is 6. The first-order valence-electron chi connectivity index (χ1n) is 7.40. The first-order chi connectivity index (χ1) is 10.2. The van der Waals surface area contributed by atoms with Gasteiger partial charge in [0, 0.05) is 24.7 Å². The van der Waals surface area contributed by atoms with Crippen molar-refractivity contribution in [2.75, 3.05) is 12.4 Å². The standard InChI is InChI=1S/C14H18N6S/c1-8-7-11(17-13(15-2)16-8)21-14-19-18-12(9-3-4-9)20(14)10-5-6-10/h7,9-10H,3-6H2,1-2H3,(H,15,16,17). The largest absolute Gasteiger partial charge is 0.357 e. The quantitative estimate of drug-likeness (QED) is 0.857. The maximum absolute atomic E-state index is 4.50. The fourth-order valence-electron chi connectivity index (χ4n) is 2.45. The summed E-state index contributed by atoms with van der Waals surface area (Å²) in [5.74, 6) is 2.46. The van der Waals surface area contributed by atoms with E-state index < -0.39 is 0 Å². The van der Waals surface area contributed by atoms with Crippen LogP contribution in [-0.2, 0) is 0 Å². The molecule has 0 amide bonds. The molecule has 4 rings (SSSR count). The molecule has 2 aliphatic rings. The lowest BCUT2D eigenvalue weighted by Gasteiger charge is -2.08. The first-order valence-corrected chi connectivity index (χ1v) is 8.22. The van der Waals surface area contributed by atoms with Gasteiger partial charge in [-0.3, -0.25) is 0 Å². The molecule has 2 aromatic heterocycles. The Morgan fingerprint density at radius 1 is 1.19 bits per heavy atom. The molecule has 0 bridgehead atoms. The number of rotatable bonds is 5. The summed E-state index contributed by atoms with van der Waals surface area (Å²) in [5, 5.41) is 13.7. The molecule has 6 nitrogen and oxygen atoms in total. The highest BCUT2D eigenvalue weighted by Gasteiger charge is 2.36. The van der Waals surface area contributed by atoms with Crippen LogP contribution in [0.25, 0.3) is 0 Å². The molecule has 21 heavy (non-hydrogen) atoms. The van der Waals surface area contributed by atoms with Crippen LogP contribution in [0.1, 0.15) is 49.2 Å². The monoisotopic (exact) mass is 302 g/mol. The van der Waals surface area contributed by atoms with Crippen molar-refractivity contribution in [2.24, 2.45) is 0 Å². The first kappa shape index (κ1) is 13.1. The second kappa shape index (κ2) is 4.98. The van der Waals surface area contributed by atoms with Crippen LogP contribution in [0.2, 0.25) is 0 Å². The van der Waals surface area contributed by atoms with Gasteiger partial charge in [-0.2, -0.15) is 0 Å². The molecule has 2 heterocycles. The van der Waals surface area contributed by atoms with Crippen LogP contribution in [0.3, 0.4) is 0 Å². The third kappa shape index (κ3) is 2.62. The fraction of sp³-hybridized carbons (Fsp3) is 0.571. The third-order valence-electron chi connectivity index (χ3n) is 3.80. The van der Waals surface area contributed by atoms with Crippen molar-refractivity contribution in [3.05, 3.63) is 17.6 Å². The normalized spacial score (nSPS) is 18.0. The van der Waals surface area contributed by atoms with Crippen LogP contribution in [0.5, 0.6) is 0 Å². The minimum absolute atomic E-state index is 0.602. The lowest BCUT2D eigenvalue weighted by atomic mass is 10.4. The number of nitrogens with one attached hydrogen (secondary N) is 1. The molecule has 2 aliphatic carbocycles. The van der Waals surface area contributed by atoms with E-state index in [9.17, 15) is 0 Å². The maximum atomic E-state index is 4.50. The topological polar surface area (TPSA) is 68.5 Å². The van der Waals surface area contributed by atoms with E-state index in [0.717, 1.165) is 15.9 Å². The van der Waals surface area contributed by atoms with Crippen molar-refractivity contribution in [1.82, 2.24) is 24.7 Å². The number of anilines is 1. The fourth-order valence-corrected chi connectivity index (χ4v) is 3.42. The Labute approximate surface area is 127 Å². The van der Waals surface area contributed by atoms with Crippen LogP contribution < -0.4 is 5.32 Å². The number of aryl methyl sites for hydroxylation is 1. The lowest BCUT2D eigenvalue weighted by molar-refractivity contribution is 0.626. The zero-order valence-electron chi connectivity index (χ0n) is 12.2. The van der Waals surface area contributed by atoms with E-state index in [1.807, 2.05) is 20.0 Å². The minimum Gasteiger partial charge on any atom is -0.357 e. The summed E-state index contributed by atoms with van der Waals surface area (Å²) >= 11 is 1.59. The highest BCUT2D eigenvalue weighted by atomic mass is 32.2. The molecule has 2 aromatic rings. The Morgan fingerprint density at radius 2 is 2.00 bits per heavy atom. The minimum atomic E-state index is 0.602. The molecule has 2 fully saturated rings. The summed E-state index contributed by atoms with van der Waals surface area (Å²) in [7, 11) is 1.83. The van der Waals surface area contributed by atoms with Gasteiger partial charge in [-0.1, -0.05) is 0 Å². The van der Waals surface area contributed by atoms with Crippen molar-refractivity contribution in [3.63, 3.8) is 0 Å². The van der Waals surface area contributed by atoms with E-state index in [1.54, 1.807) is 11.8 Å². The number of nitrogens with zero attached hydrogens (tertiary/aromatic N) is 5. The van der Waals surface area contributed by atoms with E-state index in [1.165, 1.54) is 31.5 Å². The average molecular weight is 302 g/mol. The zero-order chi connectivity index (χ0) is 14.4. The van der Waals surface area contributed by atoms with E-state index in [2.05, 4.69) is 30.0 Å². The summed E-state index contributed by atoms with van der Waals surface area (Å²) in [5.41, 5.74) is 0.955. The summed E-state index contributed by atoms with van der Waals surface area (Å²) in [6.07, 6.45) is 5.00. The van der Waals surface area contributed by atoms with E-state index in [4.69, 9.17) is 0 Å². The number of hydrogen-bond donors (Lipinski definition) is 1. The van der Waals surface area contributed by atoms with E-state index in [-0.39, 0.29) is 0 Å². The number of aromatic nitrogens is 5. The second-order valence-electron chi connectivity index (χ2n) is 5.74. The SMILES string of the molecule is CNc1nc(C)cc(Sc2nnc(C3CC3)n2C2CC2)n1. The van der Waals surface area contributed by atoms with Crippen molar-refractivity contribution in [2.45, 2.75) is 54.7 Å². The molecule has 110 valence electrons. The van der Waals surface area contributed by atoms with Crippen molar-refractivity contribution in [3.8, 4) is 0 Å². The van der Waals surface area contributed by atoms with Crippen LogP contribution in [0, 0.1) is 6.92 Å². The van der Waals surface area contributed by atoms with Gasteiger partial charge >= 0.3 is 0 Å². The molecule has 0 spiro atoms. The van der Waals surface area contributed by atoms with Crippen molar-refractivity contribution < 1.29 is 0 Å². The van der Waals surface area contributed by atoms with Gasteiger partial charge in [-0.05, 0) is 50.4 Å². The molecule has 0 atom stereocenters. The molecule has 0 radical (unpaired) electrons. The molecule has 1 N–H and O–H groups in total. The van der Waals surface area contributed by atoms with E-state index >= 15 is 0 Å².